The average Bonchev–Trinajstić information content (AvgIpc) is 2.59. The molecule has 4 heteroatoms. The highest BCUT2D eigenvalue weighted by Crippen LogP contribution is 2.33. The van der Waals surface area contributed by atoms with E-state index in [2.05, 4.69) is 44.6 Å². The van der Waals surface area contributed by atoms with Crippen molar-refractivity contribution in [3.05, 3.63) is 31.1 Å². The van der Waals surface area contributed by atoms with Crippen molar-refractivity contribution in [1.82, 2.24) is 0 Å². The van der Waals surface area contributed by atoms with Gasteiger partial charge in [0, 0.05) is 23.7 Å². The summed E-state index contributed by atoms with van der Waals surface area (Å²) in [4.78, 5) is 10.7. The van der Waals surface area contributed by atoms with Gasteiger partial charge in [0.1, 0.15) is 0 Å². The molecule has 0 bridgehead atoms. The van der Waals surface area contributed by atoms with Crippen molar-refractivity contribution >= 4 is 66.2 Å². The maximum atomic E-state index is 10.7. The first-order valence-corrected chi connectivity index (χ1v) is 6.29. The molecule has 1 aromatic heterocycles. The fourth-order valence-electron chi connectivity index (χ4n) is 1.15. The third-order valence-corrected chi connectivity index (χ3v) is 5.38. The summed E-state index contributed by atoms with van der Waals surface area (Å²) in [5, 5.41) is 3.21. The van der Waals surface area contributed by atoms with Crippen LogP contribution < -0.4 is 0 Å². The lowest BCUT2D eigenvalue weighted by Crippen LogP contribution is -1.86. The molecule has 0 N–H and O–H groups in total. The zero-order valence-electron chi connectivity index (χ0n) is 6.38. The number of carbonyl (C=O) groups is 1. The lowest BCUT2D eigenvalue weighted by molar-refractivity contribution is 0.112. The number of aldehydes is 1. The molecule has 0 fully saturated rings. The van der Waals surface area contributed by atoms with Gasteiger partial charge < -0.3 is 0 Å². The largest absolute Gasteiger partial charge is 0.298 e. The summed E-state index contributed by atoms with van der Waals surface area (Å²) in [5.41, 5.74) is 0.752. The zero-order chi connectivity index (χ0) is 9.42. The molecular formula is C9H4BrIOS. The number of fused-ring (bicyclic) bond motifs is 1. The third-order valence-electron chi connectivity index (χ3n) is 1.79. The maximum absolute atomic E-state index is 10.7. The van der Waals surface area contributed by atoms with Crippen LogP contribution in [0.1, 0.15) is 10.4 Å². The second-order valence-corrected chi connectivity index (χ2v) is 5.36. The van der Waals surface area contributed by atoms with Gasteiger partial charge in [0.2, 0.25) is 0 Å². The van der Waals surface area contributed by atoms with Crippen LogP contribution in [0.25, 0.3) is 10.1 Å². The van der Waals surface area contributed by atoms with Gasteiger partial charge in [-0.25, -0.2) is 0 Å². The summed E-state index contributed by atoms with van der Waals surface area (Å²) in [6.07, 6.45) is 0.895. The molecule has 1 aromatic carbocycles. The standard InChI is InChI=1S/C9H4BrIOS/c10-8-6-1-2-13-7(6)3-5(4-12)9(8)11/h1-4H. The van der Waals surface area contributed by atoms with Gasteiger partial charge in [-0.05, 0) is 56.0 Å². The minimum atomic E-state index is 0.752. The van der Waals surface area contributed by atoms with Gasteiger partial charge >= 0.3 is 0 Å². The van der Waals surface area contributed by atoms with E-state index in [4.69, 9.17) is 0 Å². The summed E-state index contributed by atoms with van der Waals surface area (Å²) in [6.45, 7) is 0. The van der Waals surface area contributed by atoms with E-state index >= 15 is 0 Å². The Morgan fingerprint density at radius 2 is 2.31 bits per heavy atom. The first kappa shape index (κ1) is 9.61. The van der Waals surface area contributed by atoms with E-state index in [1.165, 1.54) is 5.39 Å². The first-order chi connectivity index (χ1) is 6.24. The molecule has 2 rings (SSSR count). The number of hydrogen-bond donors (Lipinski definition) is 0. The molecule has 0 saturated carbocycles. The number of thiophene rings is 1. The van der Waals surface area contributed by atoms with Gasteiger partial charge in [0.15, 0.2) is 6.29 Å². The van der Waals surface area contributed by atoms with Crippen molar-refractivity contribution in [2.75, 3.05) is 0 Å². The van der Waals surface area contributed by atoms with Crippen molar-refractivity contribution in [3.8, 4) is 0 Å². The Morgan fingerprint density at radius 1 is 1.54 bits per heavy atom. The van der Waals surface area contributed by atoms with Crippen LogP contribution in [0.2, 0.25) is 0 Å². The van der Waals surface area contributed by atoms with Crippen molar-refractivity contribution in [2.24, 2.45) is 0 Å². The van der Waals surface area contributed by atoms with Crippen LogP contribution in [0.5, 0.6) is 0 Å². The third kappa shape index (κ3) is 1.55. The molecule has 13 heavy (non-hydrogen) atoms. The molecule has 0 aliphatic rings. The predicted molar refractivity (Wildman–Crippen MR) is 67.6 cm³/mol. The highest BCUT2D eigenvalue weighted by molar-refractivity contribution is 14.1. The van der Waals surface area contributed by atoms with Crippen LogP contribution in [-0.2, 0) is 0 Å². The Hall–Kier alpha value is 0.0600. The monoisotopic (exact) mass is 366 g/mol. The van der Waals surface area contributed by atoms with Gasteiger partial charge in [0.05, 0.1) is 0 Å². The highest BCUT2D eigenvalue weighted by atomic mass is 127. The average molecular weight is 367 g/mol. The molecule has 0 saturated heterocycles. The van der Waals surface area contributed by atoms with Crippen LogP contribution in [-0.4, -0.2) is 6.29 Å². The molecule has 0 unspecified atom stereocenters. The number of halogens is 2. The second kappa shape index (κ2) is 3.67. The molecule has 1 heterocycles. The minimum absolute atomic E-state index is 0.752. The molecule has 0 radical (unpaired) electrons. The van der Waals surface area contributed by atoms with Gasteiger partial charge in [-0.2, -0.15) is 0 Å². The Labute approximate surface area is 101 Å². The zero-order valence-corrected chi connectivity index (χ0v) is 10.9. The normalized spacial score (nSPS) is 10.6. The highest BCUT2D eigenvalue weighted by Gasteiger charge is 2.08. The number of rotatable bonds is 1. The molecule has 0 aliphatic carbocycles. The van der Waals surface area contributed by atoms with E-state index in [0.717, 1.165) is 24.6 Å². The molecule has 0 aliphatic heterocycles. The molecular weight excluding hydrogens is 363 g/mol. The van der Waals surface area contributed by atoms with Crippen molar-refractivity contribution in [2.45, 2.75) is 0 Å². The quantitative estimate of drug-likeness (QED) is 0.549. The van der Waals surface area contributed by atoms with E-state index in [-0.39, 0.29) is 0 Å². The SMILES string of the molecule is O=Cc1cc2sccc2c(Br)c1I. The second-order valence-electron chi connectivity index (χ2n) is 2.54. The molecule has 66 valence electrons. The summed E-state index contributed by atoms with van der Waals surface area (Å²) in [6, 6.07) is 3.99. The minimum Gasteiger partial charge on any atom is -0.298 e. The molecule has 0 amide bonds. The summed E-state index contributed by atoms with van der Waals surface area (Å²) in [5.74, 6) is 0. The summed E-state index contributed by atoms with van der Waals surface area (Å²) >= 11 is 7.32. The Bertz CT molecular complexity index is 478. The fourth-order valence-corrected chi connectivity index (χ4v) is 3.27. The van der Waals surface area contributed by atoms with E-state index in [9.17, 15) is 4.79 Å². The van der Waals surface area contributed by atoms with Gasteiger partial charge in [-0.1, -0.05) is 0 Å². The van der Waals surface area contributed by atoms with Crippen molar-refractivity contribution in [3.63, 3.8) is 0 Å². The van der Waals surface area contributed by atoms with Crippen LogP contribution in [0.3, 0.4) is 0 Å². The van der Waals surface area contributed by atoms with Crippen molar-refractivity contribution < 1.29 is 4.79 Å². The van der Waals surface area contributed by atoms with E-state index in [1.807, 2.05) is 11.4 Å². The lowest BCUT2D eigenvalue weighted by atomic mass is 10.2. The van der Waals surface area contributed by atoms with Crippen LogP contribution >= 0.6 is 49.9 Å². The number of benzene rings is 1. The first-order valence-electron chi connectivity index (χ1n) is 3.54. The molecule has 1 nitrogen and oxygen atoms in total. The summed E-state index contributed by atoms with van der Waals surface area (Å²) < 4.78 is 3.15. The Balaban J connectivity index is 2.91. The molecule has 0 atom stereocenters. The van der Waals surface area contributed by atoms with Crippen LogP contribution in [0.4, 0.5) is 0 Å². The van der Waals surface area contributed by atoms with Gasteiger partial charge in [-0.15, -0.1) is 11.3 Å². The van der Waals surface area contributed by atoms with Gasteiger partial charge in [-0.3, -0.25) is 4.79 Å². The number of hydrogen-bond acceptors (Lipinski definition) is 2. The Kier molecular flexibility index (Phi) is 2.71. The van der Waals surface area contributed by atoms with Crippen LogP contribution in [0, 0.1) is 3.57 Å². The van der Waals surface area contributed by atoms with E-state index < -0.39 is 0 Å². The van der Waals surface area contributed by atoms with Crippen molar-refractivity contribution in [1.29, 1.82) is 0 Å². The lowest BCUT2D eigenvalue weighted by Gasteiger charge is -2.01. The summed E-state index contributed by atoms with van der Waals surface area (Å²) in [7, 11) is 0. The topological polar surface area (TPSA) is 17.1 Å². The molecule has 2 aromatic rings. The number of carbonyl (C=O) groups excluding carboxylic acids is 1. The fraction of sp³-hybridized carbons (Fsp3) is 0. The van der Waals surface area contributed by atoms with E-state index in [0.29, 0.717) is 0 Å². The van der Waals surface area contributed by atoms with Crippen LogP contribution in [0.15, 0.2) is 22.0 Å². The van der Waals surface area contributed by atoms with Gasteiger partial charge in [0.25, 0.3) is 0 Å². The smallest absolute Gasteiger partial charge is 0.151 e. The predicted octanol–water partition coefficient (Wildman–Crippen LogP) is 4.08. The Morgan fingerprint density at radius 3 is 3.00 bits per heavy atom. The maximum Gasteiger partial charge on any atom is 0.151 e. The molecule has 0 spiro atoms. The van der Waals surface area contributed by atoms with E-state index in [1.54, 1.807) is 11.3 Å².